The van der Waals surface area contributed by atoms with Gasteiger partial charge in [-0.1, -0.05) is 17.3 Å². The molecule has 140 valence electrons. The van der Waals surface area contributed by atoms with E-state index in [9.17, 15) is 4.79 Å². The van der Waals surface area contributed by atoms with Crippen LogP contribution in [0.2, 0.25) is 0 Å². The minimum atomic E-state index is -0.159. The first-order valence-corrected chi connectivity index (χ1v) is 8.87. The van der Waals surface area contributed by atoms with Crippen molar-refractivity contribution in [1.82, 2.24) is 15.5 Å². The molecule has 27 heavy (non-hydrogen) atoms. The third kappa shape index (κ3) is 3.20. The van der Waals surface area contributed by atoms with Gasteiger partial charge in [-0.25, -0.2) is 4.98 Å². The van der Waals surface area contributed by atoms with Gasteiger partial charge in [-0.05, 0) is 38.0 Å². The van der Waals surface area contributed by atoms with E-state index in [0.29, 0.717) is 41.2 Å². The van der Waals surface area contributed by atoms with E-state index in [-0.39, 0.29) is 11.8 Å². The number of methoxy groups -OCH3 is 1. The topological polar surface area (TPSA) is 86.5 Å². The number of nitrogens with one attached hydrogen (secondary N) is 1. The first-order valence-electron chi connectivity index (χ1n) is 8.87. The maximum absolute atomic E-state index is 12.8. The lowest BCUT2D eigenvalue weighted by Gasteiger charge is -2.26. The van der Waals surface area contributed by atoms with E-state index in [0.717, 1.165) is 23.5 Å². The fourth-order valence-electron chi connectivity index (χ4n) is 3.48. The molecule has 0 aliphatic carbocycles. The van der Waals surface area contributed by atoms with E-state index in [1.807, 2.05) is 25.1 Å². The molecule has 4 rings (SSSR count). The minimum Gasteiger partial charge on any atom is -0.493 e. The molecule has 1 aromatic carbocycles. The Morgan fingerprint density at radius 1 is 1.37 bits per heavy atom. The van der Waals surface area contributed by atoms with Crippen LogP contribution >= 0.6 is 0 Å². The molecule has 1 atom stereocenters. The van der Waals surface area contributed by atoms with Gasteiger partial charge in [-0.2, -0.15) is 0 Å². The number of hydrogen-bond acceptors (Lipinski definition) is 6. The standard InChI is InChI=1S/C20H21N3O4/c1-11-7-15(17-12(2)23-27-20(17)22-11)19(24)21-9-13-8-14-5-4-6-16(25-3)18(14)26-10-13/h4-7,13H,8-10H2,1-3H3,(H,21,24)/t13-/m0/s1. The van der Waals surface area contributed by atoms with Gasteiger partial charge in [0.25, 0.3) is 11.6 Å². The lowest BCUT2D eigenvalue weighted by Crippen LogP contribution is -2.35. The molecule has 0 unspecified atom stereocenters. The Hall–Kier alpha value is -3.09. The summed E-state index contributed by atoms with van der Waals surface area (Å²) in [4.78, 5) is 17.1. The van der Waals surface area contributed by atoms with E-state index in [1.54, 1.807) is 20.1 Å². The zero-order valence-corrected chi connectivity index (χ0v) is 15.5. The first-order chi connectivity index (χ1) is 13.1. The third-order valence-corrected chi connectivity index (χ3v) is 4.79. The van der Waals surface area contributed by atoms with Gasteiger partial charge in [0.15, 0.2) is 11.5 Å². The van der Waals surface area contributed by atoms with Gasteiger partial charge in [0.05, 0.1) is 30.4 Å². The van der Waals surface area contributed by atoms with Gasteiger partial charge in [-0.3, -0.25) is 4.79 Å². The van der Waals surface area contributed by atoms with Crippen LogP contribution in [0.5, 0.6) is 11.5 Å². The Balaban J connectivity index is 1.48. The Morgan fingerprint density at radius 2 is 2.22 bits per heavy atom. The summed E-state index contributed by atoms with van der Waals surface area (Å²) in [5.74, 6) is 1.57. The number of rotatable bonds is 4. The van der Waals surface area contributed by atoms with Gasteiger partial charge in [0, 0.05) is 18.2 Å². The van der Waals surface area contributed by atoms with Crippen molar-refractivity contribution in [2.24, 2.45) is 5.92 Å². The fraction of sp³-hybridized carbons (Fsp3) is 0.350. The summed E-state index contributed by atoms with van der Waals surface area (Å²) in [6, 6.07) is 7.63. The number of ether oxygens (including phenoxy) is 2. The molecule has 7 heteroatoms. The monoisotopic (exact) mass is 367 g/mol. The summed E-state index contributed by atoms with van der Waals surface area (Å²) in [6.07, 6.45) is 0.823. The van der Waals surface area contributed by atoms with Crippen LogP contribution in [-0.2, 0) is 6.42 Å². The Labute approximate surface area is 156 Å². The fourth-order valence-corrected chi connectivity index (χ4v) is 3.48. The van der Waals surface area contributed by atoms with Crippen molar-refractivity contribution >= 4 is 17.0 Å². The van der Waals surface area contributed by atoms with Gasteiger partial charge < -0.3 is 19.3 Å². The number of aromatic nitrogens is 2. The predicted octanol–water partition coefficient (Wildman–Crippen LogP) is 2.83. The normalized spacial score (nSPS) is 15.9. The Morgan fingerprint density at radius 3 is 3.04 bits per heavy atom. The van der Waals surface area contributed by atoms with Crippen molar-refractivity contribution in [3.05, 3.63) is 46.8 Å². The van der Waals surface area contributed by atoms with E-state index < -0.39 is 0 Å². The summed E-state index contributed by atoms with van der Waals surface area (Å²) >= 11 is 0. The lowest BCUT2D eigenvalue weighted by molar-refractivity contribution is 0.0940. The molecular formula is C20H21N3O4. The van der Waals surface area contributed by atoms with Gasteiger partial charge in [-0.15, -0.1) is 0 Å². The molecule has 1 amide bonds. The SMILES string of the molecule is COc1cccc2c1OC[C@H](CNC(=O)c1cc(C)nc3onc(C)c13)C2. The second-order valence-electron chi connectivity index (χ2n) is 6.80. The van der Waals surface area contributed by atoms with E-state index in [2.05, 4.69) is 15.5 Å². The highest BCUT2D eigenvalue weighted by atomic mass is 16.5. The second-order valence-corrected chi connectivity index (χ2v) is 6.80. The molecule has 3 heterocycles. The number of carbonyl (C=O) groups is 1. The number of pyridine rings is 1. The van der Waals surface area contributed by atoms with Crippen LogP contribution in [0.1, 0.15) is 27.3 Å². The van der Waals surface area contributed by atoms with E-state index in [1.165, 1.54) is 0 Å². The van der Waals surface area contributed by atoms with Crippen molar-refractivity contribution in [2.75, 3.05) is 20.3 Å². The van der Waals surface area contributed by atoms with Gasteiger partial charge >= 0.3 is 0 Å². The van der Waals surface area contributed by atoms with Crippen molar-refractivity contribution in [2.45, 2.75) is 20.3 Å². The average Bonchev–Trinajstić information content (AvgIpc) is 3.05. The molecule has 0 saturated carbocycles. The highest BCUT2D eigenvalue weighted by Gasteiger charge is 2.24. The number of carbonyl (C=O) groups excluding carboxylic acids is 1. The molecule has 0 radical (unpaired) electrons. The van der Waals surface area contributed by atoms with E-state index in [4.69, 9.17) is 14.0 Å². The summed E-state index contributed by atoms with van der Waals surface area (Å²) in [7, 11) is 1.63. The molecule has 1 aliphatic rings. The van der Waals surface area contributed by atoms with Crippen molar-refractivity contribution in [1.29, 1.82) is 0 Å². The number of nitrogens with zero attached hydrogens (tertiary/aromatic N) is 2. The van der Waals surface area contributed by atoms with Crippen molar-refractivity contribution in [3.8, 4) is 11.5 Å². The van der Waals surface area contributed by atoms with Crippen molar-refractivity contribution < 1.29 is 18.8 Å². The highest BCUT2D eigenvalue weighted by molar-refractivity contribution is 6.06. The smallest absolute Gasteiger partial charge is 0.258 e. The second kappa shape index (κ2) is 6.90. The molecule has 0 fully saturated rings. The molecule has 3 aromatic rings. The molecule has 1 N–H and O–H groups in total. The summed E-state index contributed by atoms with van der Waals surface area (Å²) in [5, 5.41) is 7.60. The molecule has 7 nitrogen and oxygen atoms in total. The zero-order chi connectivity index (χ0) is 19.0. The van der Waals surface area contributed by atoms with Crippen LogP contribution in [0.3, 0.4) is 0 Å². The minimum absolute atomic E-state index is 0.159. The van der Waals surface area contributed by atoms with Gasteiger partial charge in [0.1, 0.15) is 0 Å². The lowest BCUT2D eigenvalue weighted by atomic mass is 9.96. The number of para-hydroxylation sites is 1. The van der Waals surface area contributed by atoms with Crippen LogP contribution in [0.25, 0.3) is 11.1 Å². The van der Waals surface area contributed by atoms with Crippen LogP contribution < -0.4 is 14.8 Å². The quantitative estimate of drug-likeness (QED) is 0.763. The summed E-state index contributed by atoms with van der Waals surface area (Å²) in [5.41, 5.74) is 3.39. The molecule has 0 spiro atoms. The molecule has 2 aromatic heterocycles. The maximum Gasteiger partial charge on any atom is 0.258 e. The maximum atomic E-state index is 12.8. The van der Waals surface area contributed by atoms with Gasteiger partial charge in [0.2, 0.25) is 0 Å². The average molecular weight is 367 g/mol. The highest BCUT2D eigenvalue weighted by Crippen LogP contribution is 2.35. The number of benzene rings is 1. The molecular weight excluding hydrogens is 346 g/mol. The third-order valence-electron chi connectivity index (χ3n) is 4.79. The van der Waals surface area contributed by atoms with Crippen LogP contribution in [0, 0.1) is 19.8 Å². The van der Waals surface area contributed by atoms with E-state index >= 15 is 0 Å². The molecule has 0 bridgehead atoms. The number of fused-ring (bicyclic) bond motifs is 2. The molecule has 1 aliphatic heterocycles. The summed E-state index contributed by atoms with van der Waals surface area (Å²) in [6.45, 7) is 4.68. The van der Waals surface area contributed by atoms with Crippen LogP contribution in [0.4, 0.5) is 0 Å². The number of aryl methyl sites for hydroxylation is 2. The Bertz CT molecular complexity index is 1010. The summed E-state index contributed by atoms with van der Waals surface area (Å²) < 4.78 is 16.4. The number of hydrogen-bond donors (Lipinski definition) is 1. The van der Waals surface area contributed by atoms with Crippen LogP contribution in [-0.4, -0.2) is 36.3 Å². The first kappa shape index (κ1) is 17.3. The van der Waals surface area contributed by atoms with Crippen LogP contribution in [0.15, 0.2) is 28.8 Å². The zero-order valence-electron chi connectivity index (χ0n) is 15.5. The van der Waals surface area contributed by atoms with Crippen molar-refractivity contribution in [3.63, 3.8) is 0 Å². The Kier molecular flexibility index (Phi) is 4.43. The number of amides is 1. The predicted molar refractivity (Wildman–Crippen MR) is 99.3 cm³/mol. The largest absolute Gasteiger partial charge is 0.493 e. The molecule has 0 saturated heterocycles.